The van der Waals surface area contributed by atoms with Crippen LogP contribution in [0.4, 0.5) is 5.82 Å². The number of nitrogens with zero attached hydrogens (tertiary/aromatic N) is 3. The molecule has 0 radical (unpaired) electrons. The van der Waals surface area contributed by atoms with Crippen molar-refractivity contribution in [2.75, 3.05) is 12.0 Å². The predicted molar refractivity (Wildman–Crippen MR) is 112 cm³/mol. The molecule has 0 aliphatic heterocycles. The smallest absolute Gasteiger partial charge is 0.169 e. The summed E-state index contributed by atoms with van der Waals surface area (Å²) in [5.41, 5.74) is 5.79. The average molecular weight is 412 g/mol. The van der Waals surface area contributed by atoms with E-state index < -0.39 is 31.0 Å². The molecule has 1 aromatic heterocycles. The fraction of sp³-hybridized carbons (Fsp3) is 0.286. The first-order chi connectivity index (χ1) is 14.5. The molecule has 30 heavy (non-hydrogen) atoms. The number of fused-ring (bicyclic) bond motifs is 1. The van der Waals surface area contributed by atoms with Crippen molar-refractivity contribution in [2.24, 2.45) is 5.10 Å². The number of benzene rings is 2. The summed E-state index contributed by atoms with van der Waals surface area (Å²) in [5.74, 6) is 0.381. The quantitative estimate of drug-likeness (QED) is 0.213. The van der Waals surface area contributed by atoms with Gasteiger partial charge in [0, 0.05) is 6.42 Å². The van der Waals surface area contributed by atoms with Crippen molar-refractivity contribution in [2.45, 2.75) is 30.8 Å². The monoisotopic (exact) mass is 412 g/mol. The lowest BCUT2D eigenvalue weighted by Gasteiger charge is -2.23. The van der Waals surface area contributed by atoms with E-state index >= 15 is 0 Å². The molecule has 0 spiro atoms. The van der Waals surface area contributed by atoms with E-state index in [1.807, 2.05) is 54.6 Å². The number of anilines is 1. The van der Waals surface area contributed by atoms with Gasteiger partial charge >= 0.3 is 0 Å². The van der Waals surface area contributed by atoms with Crippen LogP contribution in [0, 0.1) is 0 Å². The second kappa shape index (κ2) is 10.2. The van der Waals surface area contributed by atoms with Gasteiger partial charge in [-0.2, -0.15) is 5.10 Å². The van der Waals surface area contributed by atoms with Crippen LogP contribution in [-0.4, -0.2) is 72.7 Å². The van der Waals surface area contributed by atoms with Gasteiger partial charge < -0.3 is 25.5 Å². The molecule has 0 bridgehead atoms. The van der Waals surface area contributed by atoms with E-state index in [1.54, 1.807) is 0 Å². The molecule has 0 aliphatic rings. The zero-order valence-electron chi connectivity index (χ0n) is 16.1. The fourth-order valence-corrected chi connectivity index (χ4v) is 2.84. The standard InChI is InChI=1S/C21H24N4O5/c26-12-18(28)20(30)19(29)17(27)11-22-25-21-16(10-13-6-2-1-3-7-13)23-14-8-4-5-9-15(14)24-21/h1-9,11,17-20,26-30H,10,12H2,(H,24,25)/b22-11+/t17-,18+,19+,20-/m0/s1. The highest BCUT2D eigenvalue weighted by atomic mass is 16.4. The summed E-state index contributed by atoms with van der Waals surface area (Å²) in [6.45, 7) is -0.754. The second-order valence-electron chi connectivity index (χ2n) is 6.78. The zero-order valence-corrected chi connectivity index (χ0v) is 16.1. The number of rotatable bonds is 9. The minimum Gasteiger partial charge on any atom is -0.394 e. The van der Waals surface area contributed by atoms with Crippen molar-refractivity contribution in [3.8, 4) is 0 Å². The first kappa shape index (κ1) is 21.8. The summed E-state index contributed by atoms with van der Waals surface area (Å²) >= 11 is 0. The number of hydrogen-bond donors (Lipinski definition) is 6. The number of nitrogens with one attached hydrogen (secondary N) is 1. The molecular formula is C21H24N4O5. The van der Waals surface area contributed by atoms with Gasteiger partial charge in [0.2, 0.25) is 0 Å². The topological polar surface area (TPSA) is 151 Å². The summed E-state index contributed by atoms with van der Waals surface area (Å²) in [6, 6.07) is 17.1. The van der Waals surface area contributed by atoms with E-state index in [9.17, 15) is 20.4 Å². The normalized spacial score (nSPS) is 15.8. The van der Waals surface area contributed by atoms with Gasteiger partial charge in [0.05, 0.1) is 29.5 Å². The molecule has 6 N–H and O–H groups in total. The van der Waals surface area contributed by atoms with Crippen LogP contribution < -0.4 is 5.43 Å². The van der Waals surface area contributed by atoms with Crippen molar-refractivity contribution in [3.63, 3.8) is 0 Å². The van der Waals surface area contributed by atoms with Crippen LogP contribution in [0.15, 0.2) is 59.7 Å². The van der Waals surface area contributed by atoms with Crippen molar-refractivity contribution in [1.29, 1.82) is 0 Å². The highest BCUT2D eigenvalue weighted by Gasteiger charge is 2.29. The maximum atomic E-state index is 9.96. The van der Waals surface area contributed by atoms with Gasteiger partial charge in [0.1, 0.15) is 24.4 Å². The van der Waals surface area contributed by atoms with Gasteiger partial charge in [-0.3, -0.25) is 5.43 Å². The molecule has 4 atom stereocenters. The van der Waals surface area contributed by atoms with E-state index in [-0.39, 0.29) is 0 Å². The maximum absolute atomic E-state index is 9.96. The van der Waals surface area contributed by atoms with Crippen LogP contribution in [0.2, 0.25) is 0 Å². The van der Waals surface area contributed by atoms with Crippen molar-refractivity contribution >= 4 is 23.1 Å². The number of hydrogen-bond acceptors (Lipinski definition) is 9. The third kappa shape index (κ3) is 5.35. The van der Waals surface area contributed by atoms with E-state index in [4.69, 9.17) is 5.11 Å². The Labute approximate surface area is 173 Å². The molecule has 0 fully saturated rings. The third-order valence-corrected chi connectivity index (χ3v) is 4.54. The highest BCUT2D eigenvalue weighted by molar-refractivity contribution is 5.76. The number of aliphatic hydroxyl groups excluding tert-OH is 5. The van der Waals surface area contributed by atoms with Crippen LogP contribution in [0.3, 0.4) is 0 Å². The van der Waals surface area contributed by atoms with Crippen LogP contribution in [0.1, 0.15) is 11.3 Å². The molecule has 9 heteroatoms. The Balaban J connectivity index is 1.80. The van der Waals surface area contributed by atoms with Crippen molar-refractivity contribution in [3.05, 3.63) is 65.9 Å². The second-order valence-corrected chi connectivity index (χ2v) is 6.78. The zero-order chi connectivity index (χ0) is 21.5. The largest absolute Gasteiger partial charge is 0.394 e. The molecular weight excluding hydrogens is 388 g/mol. The molecule has 0 saturated heterocycles. The highest BCUT2D eigenvalue weighted by Crippen LogP contribution is 2.20. The minimum atomic E-state index is -1.73. The van der Waals surface area contributed by atoms with Crippen molar-refractivity contribution < 1.29 is 25.5 Å². The molecule has 0 unspecified atom stereocenters. The Hall–Kier alpha value is -2.95. The molecule has 3 aromatic rings. The van der Waals surface area contributed by atoms with Crippen LogP contribution in [0.25, 0.3) is 11.0 Å². The summed E-state index contributed by atoms with van der Waals surface area (Å²) in [7, 11) is 0. The summed E-state index contributed by atoms with van der Waals surface area (Å²) in [6.07, 6.45) is -5.15. The first-order valence-electron chi connectivity index (χ1n) is 9.41. The van der Waals surface area contributed by atoms with Gasteiger partial charge in [-0.25, -0.2) is 9.97 Å². The van der Waals surface area contributed by atoms with Gasteiger partial charge in [-0.05, 0) is 17.7 Å². The van der Waals surface area contributed by atoms with Crippen molar-refractivity contribution in [1.82, 2.24) is 9.97 Å². The SMILES string of the molecule is OC[C@@H](O)[C@H](O)[C@H](O)[C@@H](O)/C=N/Nc1nc2ccccc2nc1Cc1ccccc1. The Morgan fingerprint density at radius 1 is 0.867 bits per heavy atom. The molecule has 3 rings (SSSR count). The lowest BCUT2D eigenvalue weighted by molar-refractivity contribution is -0.0999. The minimum absolute atomic E-state index is 0.381. The molecule has 0 aliphatic carbocycles. The third-order valence-electron chi connectivity index (χ3n) is 4.54. The Bertz CT molecular complexity index is 986. The van der Waals surface area contributed by atoms with Gasteiger partial charge in [0.15, 0.2) is 5.82 Å². The average Bonchev–Trinajstić information content (AvgIpc) is 2.78. The summed E-state index contributed by atoms with van der Waals surface area (Å²) in [5, 5.41) is 51.6. The fourth-order valence-electron chi connectivity index (χ4n) is 2.84. The Kier molecular flexibility index (Phi) is 7.39. The Morgan fingerprint density at radius 3 is 2.17 bits per heavy atom. The van der Waals surface area contributed by atoms with E-state index in [2.05, 4.69) is 20.5 Å². The van der Waals surface area contributed by atoms with Gasteiger partial charge in [-0.15, -0.1) is 0 Å². The van der Waals surface area contributed by atoms with Gasteiger partial charge in [0.25, 0.3) is 0 Å². The number of aromatic nitrogens is 2. The van der Waals surface area contributed by atoms with Crippen LogP contribution >= 0.6 is 0 Å². The molecule has 9 nitrogen and oxygen atoms in total. The van der Waals surface area contributed by atoms with E-state index in [0.717, 1.165) is 17.3 Å². The van der Waals surface area contributed by atoms with Crippen LogP contribution in [-0.2, 0) is 6.42 Å². The molecule has 158 valence electrons. The van der Waals surface area contributed by atoms with E-state index in [1.165, 1.54) is 0 Å². The van der Waals surface area contributed by atoms with E-state index in [0.29, 0.717) is 23.4 Å². The lowest BCUT2D eigenvalue weighted by atomic mass is 10.0. The first-order valence-corrected chi connectivity index (χ1v) is 9.41. The summed E-state index contributed by atoms with van der Waals surface area (Å²) in [4.78, 5) is 9.19. The van der Waals surface area contributed by atoms with Gasteiger partial charge in [-0.1, -0.05) is 42.5 Å². The maximum Gasteiger partial charge on any atom is 0.169 e. The predicted octanol–water partition coefficient (Wildman–Crippen LogP) is 0.0542. The lowest BCUT2D eigenvalue weighted by Crippen LogP contribution is -2.46. The molecule has 0 saturated carbocycles. The molecule has 0 amide bonds. The number of hydrazone groups is 1. The number of para-hydroxylation sites is 2. The Morgan fingerprint density at radius 2 is 1.50 bits per heavy atom. The van der Waals surface area contributed by atoms with Crippen LogP contribution in [0.5, 0.6) is 0 Å². The molecule has 2 aromatic carbocycles. The molecule has 1 heterocycles. The number of aliphatic hydroxyl groups is 5. The summed E-state index contributed by atoms with van der Waals surface area (Å²) < 4.78 is 0.